The molecule has 26 heavy (non-hydrogen) atoms. The van der Waals surface area contributed by atoms with Gasteiger partial charge in [0, 0.05) is 18.7 Å². The number of carbonyl (C=O) groups is 2. The Balaban J connectivity index is 1.69. The van der Waals surface area contributed by atoms with Gasteiger partial charge in [0.1, 0.15) is 11.6 Å². The van der Waals surface area contributed by atoms with Crippen LogP contribution in [0, 0.1) is 5.82 Å². The van der Waals surface area contributed by atoms with Crippen molar-refractivity contribution in [2.45, 2.75) is 19.4 Å². The van der Waals surface area contributed by atoms with Crippen LogP contribution >= 0.6 is 11.6 Å². The number of anilines is 1. The third-order valence-electron chi connectivity index (χ3n) is 4.11. The van der Waals surface area contributed by atoms with Crippen LogP contribution in [0.5, 0.6) is 5.75 Å². The highest BCUT2D eigenvalue weighted by Crippen LogP contribution is 2.25. The largest absolute Gasteiger partial charge is 0.494 e. The van der Waals surface area contributed by atoms with Gasteiger partial charge >= 0.3 is 0 Å². The lowest BCUT2D eigenvalue weighted by Gasteiger charge is -2.18. The van der Waals surface area contributed by atoms with Crippen LogP contribution in [0.1, 0.15) is 23.7 Å². The molecule has 1 N–H and O–H groups in total. The van der Waals surface area contributed by atoms with Gasteiger partial charge in [-0.05, 0) is 43.3 Å². The van der Waals surface area contributed by atoms with E-state index in [-0.39, 0.29) is 22.9 Å². The number of hydrogen-bond donors (Lipinski definition) is 1. The molecule has 0 bridgehead atoms. The lowest BCUT2D eigenvalue weighted by Crippen LogP contribution is -2.37. The van der Waals surface area contributed by atoms with Crippen LogP contribution in [0.2, 0.25) is 5.02 Å². The predicted molar refractivity (Wildman–Crippen MR) is 97.2 cm³/mol. The number of rotatable bonds is 5. The summed E-state index contributed by atoms with van der Waals surface area (Å²) in [5.74, 6) is -0.705. The van der Waals surface area contributed by atoms with E-state index in [0.29, 0.717) is 13.2 Å². The Morgan fingerprint density at radius 3 is 2.69 bits per heavy atom. The number of halogens is 2. The molecule has 5 nitrogen and oxygen atoms in total. The van der Waals surface area contributed by atoms with Crippen LogP contribution in [-0.2, 0) is 4.79 Å². The molecule has 2 aromatic carbocycles. The molecule has 1 unspecified atom stereocenters. The monoisotopic (exact) mass is 376 g/mol. The first-order valence-electron chi connectivity index (χ1n) is 8.27. The van der Waals surface area contributed by atoms with Crippen molar-refractivity contribution < 1.29 is 18.7 Å². The Morgan fingerprint density at radius 1 is 1.31 bits per heavy atom. The molecule has 1 heterocycles. The van der Waals surface area contributed by atoms with Crippen LogP contribution in [-0.4, -0.2) is 31.0 Å². The van der Waals surface area contributed by atoms with Crippen LogP contribution in [0.25, 0.3) is 0 Å². The molecular weight excluding hydrogens is 359 g/mol. The fraction of sp³-hybridized carbons (Fsp3) is 0.263. The van der Waals surface area contributed by atoms with E-state index >= 15 is 0 Å². The van der Waals surface area contributed by atoms with Crippen molar-refractivity contribution in [2.24, 2.45) is 0 Å². The second-order valence-electron chi connectivity index (χ2n) is 5.90. The summed E-state index contributed by atoms with van der Waals surface area (Å²) >= 11 is 5.91. The molecule has 2 aromatic rings. The summed E-state index contributed by atoms with van der Waals surface area (Å²) in [6.07, 6.45) is 0.144. The van der Waals surface area contributed by atoms with Crippen molar-refractivity contribution >= 4 is 29.1 Å². The molecule has 0 spiro atoms. The van der Waals surface area contributed by atoms with Crippen molar-refractivity contribution in [3.05, 3.63) is 58.9 Å². The highest BCUT2D eigenvalue weighted by atomic mass is 35.5. The Labute approximate surface area is 155 Å². The summed E-state index contributed by atoms with van der Waals surface area (Å²) in [6, 6.07) is 10.8. The summed E-state index contributed by atoms with van der Waals surface area (Å²) in [6.45, 7) is 2.77. The van der Waals surface area contributed by atoms with Crippen LogP contribution in [0.4, 0.5) is 10.1 Å². The molecule has 0 aromatic heterocycles. The Kier molecular flexibility index (Phi) is 5.42. The first-order chi connectivity index (χ1) is 12.5. The second kappa shape index (κ2) is 7.74. The van der Waals surface area contributed by atoms with E-state index in [1.54, 1.807) is 29.2 Å². The fourth-order valence-corrected chi connectivity index (χ4v) is 3.16. The zero-order valence-corrected chi connectivity index (χ0v) is 14.9. The minimum absolute atomic E-state index is 0.0372. The lowest BCUT2D eigenvalue weighted by molar-refractivity contribution is -0.117. The third-order valence-corrected chi connectivity index (χ3v) is 4.42. The van der Waals surface area contributed by atoms with Gasteiger partial charge in [-0.2, -0.15) is 0 Å². The van der Waals surface area contributed by atoms with E-state index in [2.05, 4.69) is 5.32 Å². The maximum atomic E-state index is 13.9. The molecule has 1 fully saturated rings. The number of hydrogen-bond acceptors (Lipinski definition) is 3. The van der Waals surface area contributed by atoms with Crippen molar-refractivity contribution in [3.8, 4) is 5.75 Å². The van der Waals surface area contributed by atoms with E-state index in [1.807, 2.05) is 6.92 Å². The molecule has 1 atom stereocenters. The predicted octanol–water partition coefficient (Wildman–Crippen LogP) is 3.41. The van der Waals surface area contributed by atoms with Crippen LogP contribution in [0.3, 0.4) is 0 Å². The van der Waals surface area contributed by atoms with Crippen molar-refractivity contribution in [2.75, 3.05) is 18.1 Å². The molecule has 0 saturated carbocycles. The van der Waals surface area contributed by atoms with Gasteiger partial charge < -0.3 is 15.0 Å². The molecule has 1 aliphatic heterocycles. The van der Waals surface area contributed by atoms with E-state index in [0.717, 1.165) is 11.4 Å². The standard InChI is InChI=1S/C19H18ClFN2O3/c1-2-26-14-8-6-13(7-9-14)23-11-12(10-17(23)24)22-19(25)18-15(20)4-3-5-16(18)21/h3-9,12H,2,10-11H2,1H3,(H,22,25). The molecule has 7 heteroatoms. The van der Waals surface area contributed by atoms with Crippen LogP contribution in [0.15, 0.2) is 42.5 Å². The number of amides is 2. The molecular formula is C19H18ClFN2O3. The van der Waals surface area contributed by atoms with Gasteiger partial charge in [0.25, 0.3) is 5.91 Å². The topological polar surface area (TPSA) is 58.6 Å². The maximum Gasteiger partial charge on any atom is 0.256 e. The Hall–Kier alpha value is -2.60. The highest BCUT2D eigenvalue weighted by Gasteiger charge is 2.32. The van der Waals surface area contributed by atoms with Crippen molar-refractivity contribution in [3.63, 3.8) is 0 Å². The molecule has 1 aliphatic rings. The van der Waals surface area contributed by atoms with E-state index in [4.69, 9.17) is 16.3 Å². The first kappa shape index (κ1) is 18.2. The lowest BCUT2D eigenvalue weighted by atomic mass is 10.1. The van der Waals surface area contributed by atoms with Gasteiger partial charge in [-0.15, -0.1) is 0 Å². The minimum Gasteiger partial charge on any atom is -0.494 e. The van der Waals surface area contributed by atoms with Gasteiger partial charge in [0.05, 0.1) is 23.2 Å². The summed E-state index contributed by atoms with van der Waals surface area (Å²) < 4.78 is 19.2. The number of carbonyl (C=O) groups excluding carboxylic acids is 2. The smallest absolute Gasteiger partial charge is 0.256 e. The number of ether oxygens (including phenoxy) is 1. The summed E-state index contributed by atoms with van der Waals surface area (Å²) in [5.41, 5.74) is 0.514. The molecule has 2 amide bonds. The average Bonchev–Trinajstić information content (AvgIpc) is 2.96. The van der Waals surface area contributed by atoms with E-state index in [9.17, 15) is 14.0 Å². The van der Waals surface area contributed by atoms with Gasteiger partial charge in [-0.1, -0.05) is 17.7 Å². The highest BCUT2D eigenvalue weighted by molar-refractivity contribution is 6.33. The zero-order valence-electron chi connectivity index (χ0n) is 14.2. The Morgan fingerprint density at radius 2 is 2.04 bits per heavy atom. The summed E-state index contributed by atoms with van der Waals surface area (Å²) in [7, 11) is 0. The van der Waals surface area contributed by atoms with Crippen molar-refractivity contribution in [1.29, 1.82) is 0 Å². The molecule has 1 saturated heterocycles. The van der Waals surface area contributed by atoms with Gasteiger partial charge in [0.15, 0.2) is 0 Å². The zero-order chi connectivity index (χ0) is 18.7. The minimum atomic E-state index is -0.692. The molecule has 136 valence electrons. The number of nitrogens with one attached hydrogen (secondary N) is 1. The fourth-order valence-electron chi connectivity index (χ4n) is 2.92. The summed E-state index contributed by atoms with van der Waals surface area (Å²) in [5, 5.41) is 2.73. The maximum absolute atomic E-state index is 13.9. The normalized spacial score (nSPS) is 16.7. The average molecular weight is 377 g/mol. The van der Waals surface area contributed by atoms with Gasteiger partial charge in [0.2, 0.25) is 5.91 Å². The quantitative estimate of drug-likeness (QED) is 0.870. The molecule has 0 aliphatic carbocycles. The SMILES string of the molecule is CCOc1ccc(N2CC(NC(=O)c3c(F)cccc3Cl)CC2=O)cc1. The first-order valence-corrected chi connectivity index (χ1v) is 8.65. The van der Waals surface area contributed by atoms with Crippen LogP contribution < -0.4 is 15.0 Å². The van der Waals surface area contributed by atoms with Gasteiger partial charge in [-0.25, -0.2) is 4.39 Å². The van der Waals surface area contributed by atoms with Gasteiger partial charge in [-0.3, -0.25) is 9.59 Å². The molecule has 3 rings (SSSR count). The molecule has 0 radical (unpaired) electrons. The Bertz CT molecular complexity index is 806. The third kappa shape index (κ3) is 3.80. The van der Waals surface area contributed by atoms with E-state index in [1.165, 1.54) is 18.2 Å². The van der Waals surface area contributed by atoms with Crippen molar-refractivity contribution in [1.82, 2.24) is 5.32 Å². The van der Waals surface area contributed by atoms with E-state index < -0.39 is 17.8 Å². The number of benzene rings is 2. The number of nitrogens with zero attached hydrogens (tertiary/aromatic N) is 1. The summed E-state index contributed by atoms with van der Waals surface area (Å²) in [4.78, 5) is 26.2. The second-order valence-corrected chi connectivity index (χ2v) is 6.31.